The van der Waals surface area contributed by atoms with Gasteiger partial charge in [-0.25, -0.2) is 9.78 Å². The van der Waals surface area contributed by atoms with E-state index in [0.29, 0.717) is 0 Å². The summed E-state index contributed by atoms with van der Waals surface area (Å²) < 4.78 is 1.67. The summed E-state index contributed by atoms with van der Waals surface area (Å²) in [6.07, 6.45) is 3.96. The molecule has 1 fully saturated rings. The summed E-state index contributed by atoms with van der Waals surface area (Å²) in [5, 5.41) is 10.1. The first-order chi connectivity index (χ1) is 12.1. The van der Waals surface area contributed by atoms with Crippen molar-refractivity contribution < 1.29 is 4.79 Å². The fourth-order valence-electron chi connectivity index (χ4n) is 3.30. The summed E-state index contributed by atoms with van der Waals surface area (Å²) >= 11 is 0. The maximum atomic E-state index is 12.5. The number of hydrogen-bond acceptors (Lipinski definition) is 4. The van der Waals surface area contributed by atoms with Crippen LogP contribution in [-0.2, 0) is 7.05 Å². The molecule has 2 unspecified atom stereocenters. The van der Waals surface area contributed by atoms with Crippen LogP contribution in [0.1, 0.15) is 43.2 Å². The van der Waals surface area contributed by atoms with Gasteiger partial charge in [0.05, 0.1) is 12.1 Å². The molecule has 25 heavy (non-hydrogen) atoms. The van der Waals surface area contributed by atoms with Crippen LogP contribution in [-0.4, -0.2) is 45.3 Å². The topological polar surface area (TPSA) is 75.1 Å². The fourth-order valence-corrected chi connectivity index (χ4v) is 3.30. The summed E-state index contributed by atoms with van der Waals surface area (Å²) in [6, 6.07) is 9.69. The quantitative estimate of drug-likeness (QED) is 0.842. The maximum Gasteiger partial charge on any atom is 0.315 e. The van der Waals surface area contributed by atoms with Gasteiger partial charge >= 0.3 is 6.03 Å². The molecular formula is C18H26N6O. The number of likely N-dealkylation sites (tertiary alicyclic amines) is 1. The highest BCUT2D eigenvalue weighted by Gasteiger charge is 2.22. The zero-order valence-electron chi connectivity index (χ0n) is 14.9. The van der Waals surface area contributed by atoms with E-state index >= 15 is 0 Å². The number of amides is 2. The Bertz CT molecular complexity index is 680. The molecule has 3 rings (SSSR count). The Kier molecular flexibility index (Phi) is 5.65. The number of urea groups is 1. The zero-order chi connectivity index (χ0) is 17.6. The van der Waals surface area contributed by atoms with Gasteiger partial charge in [-0.15, -0.1) is 0 Å². The predicted octanol–water partition coefficient (Wildman–Crippen LogP) is 2.01. The van der Waals surface area contributed by atoms with Crippen LogP contribution in [0.4, 0.5) is 4.79 Å². The Labute approximate surface area is 148 Å². The van der Waals surface area contributed by atoms with Crippen molar-refractivity contribution >= 4 is 6.03 Å². The number of nitrogens with zero attached hydrogens (tertiary/aromatic N) is 4. The van der Waals surface area contributed by atoms with Gasteiger partial charge in [0.15, 0.2) is 0 Å². The molecule has 0 bridgehead atoms. The minimum absolute atomic E-state index is 0.0361. The Balaban J connectivity index is 1.64. The molecule has 7 nitrogen and oxygen atoms in total. The average Bonchev–Trinajstić information content (AvgIpc) is 3.26. The van der Waals surface area contributed by atoms with Crippen molar-refractivity contribution in [3.05, 3.63) is 48.0 Å². The molecule has 2 amide bonds. The van der Waals surface area contributed by atoms with E-state index in [9.17, 15) is 4.79 Å². The molecule has 7 heteroatoms. The summed E-state index contributed by atoms with van der Waals surface area (Å²) in [5.74, 6) is 0.728. The van der Waals surface area contributed by atoms with Crippen LogP contribution >= 0.6 is 0 Å². The lowest BCUT2D eigenvalue weighted by atomic mass is 10.1. The van der Waals surface area contributed by atoms with Gasteiger partial charge in [0, 0.05) is 13.6 Å². The molecule has 1 aliphatic rings. The average molecular weight is 342 g/mol. The number of rotatable bonds is 6. The Morgan fingerprint density at radius 2 is 1.92 bits per heavy atom. The molecular weight excluding hydrogens is 316 g/mol. The lowest BCUT2D eigenvalue weighted by Gasteiger charge is -2.25. The molecule has 0 aliphatic carbocycles. The van der Waals surface area contributed by atoms with Crippen LogP contribution in [0.15, 0.2) is 36.7 Å². The molecule has 0 radical (unpaired) electrons. The number of hydrogen-bond donors (Lipinski definition) is 2. The first-order valence-electron chi connectivity index (χ1n) is 8.81. The van der Waals surface area contributed by atoms with Gasteiger partial charge in [0.2, 0.25) is 0 Å². The van der Waals surface area contributed by atoms with Gasteiger partial charge in [-0.2, -0.15) is 5.10 Å². The normalized spacial score (nSPS) is 17.2. The molecule has 134 valence electrons. The highest BCUT2D eigenvalue weighted by atomic mass is 16.2. The van der Waals surface area contributed by atoms with E-state index in [4.69, 9.17) is 0 Å². The number of nitrogens with one attached hydrogen (secondary N) is 2. The molecule has 1 aromatic carbocycles. The summed E-state index contributed by atoms with van der Waals surface area (Å²) in [4.78, 5) is 19.1. The largest absolute Gasteiger partial charge is 0.330 e. The van der Waals surface area contributed by atoms with Crippen molar-refractivity contribution in [1.82, 2.24) is 30.3 Å². The van der Waals surface area contributed by atoms with Crippen molar-refractivity contribution in [1.29, 1.82) is 0 Å². The lowest BCUT2D eigenvalue weighted by molar-refractivity contribution is 0.226. The number of aryl methyl sites for hydroxylation is 1. The number of carbonyl (C=O) groups excluding carboxylic acids is 1. The second-order valence-corrected chi connectivity index (χ2v) is 6.55. The third-order valence-corrected chi connectivity index (χ3v) is 4.63. The summed E-state index contributed by atoms with van der Waals surface area (Å²) in [6.45, 7) is 4.93. The second-order valence-electron chi connectivity index (χ2n) is 6.55. The Hall–Kier alpha value is -2.41. The molecule has 0 spiro atoms. The van der Waals surface area contributed by atoms with Crippen LogP contribution in [0.5, 0.6) is 0 Å². The van der Waals surface area contributed by atoms with E-state index in [1.54, 1.807) is 4.68 Å². The highest BCUT2D eigenvalue weighted by Crippen LogP contribution is 2.18. The van der Waals surface area contributed by atoms with Gasteiger partial charge < -0.3 is 15.5 Å². The van der Waals surface area contributed by atoms with Crippen molar-refractivity contribution in [2.75, 3.05) is 19.6 Å². The van der Waals surface area contributed by atoms with Crippen molar-refractivity contribution in [2.45, 2.75) is 31.8 Å². The van der Waals surface area contributed by atoms with E-state index in [1.807, 2.05) is 32.2 Å². The smallest absolute Gasteiger partial charge is 0.315 e. The lowest BCUT2D eigenvalue weighted by Crippen LogP contribution is -2.43. The molecule has 2 N–H and O–H groups in total. The minimum Gasteiger partial charge on any atom is -0.330 e. The number of benzene rings is 1. The van der Waals surface area contributed by atoms with Crippen LogP contribution in [0, 0.1) is 0 Å². The van der Waals surface area contributed by atoms with Gasteiger partial charge in [0.25, 0.3) is 0 Å². The first-order valence-corrected chi connectivity index (χ1v) is 8.81. The van der Waals surface area contributed by atoms with Crippen LogP contribution in [0.25, 0.3) is 0 Å². The maximum absolute atomic E-state index is 12.5. The van der Waals surface area contributed by atoms with Gasteiger partial charge in [-0.1, -0.05) is 30.3 Å². The van der Waals surface area contributed by atoms with E-state index in [0.717, 1.165) is 31.0 Å². The van der Waals surface area contributed by atoms with E-state index in [2.05, 4.69) is 37.7 Å². The predicted molar refractivity (Wildman–Crippen MR) is 95.9 cm³/mol. The highest BCUT2D eigenvalue weighted by molar-refractivity contribution is 5.74. The third kappa shape index (κ3) is 4.57. The van der Waals surface area contributed by atoms with Crippen LogP contribution in [0.2, 0.25) is 0 Å². The second kappa shape index (κ2) is 8.11. The Morgan fingerprint density at radius 1 is 1.20 bits per heavy atom. The minimum atomic E-state index is -0.212. The molecule has 1 saturated heterocycles. The third-order valence-electron chi connectivity index (χ3n) is 4.63. The van der Waals surface area contributed by atoms with Gasteiger partial charge in [0.1, 0.15) is 12.2 Å². The van der Waals surface area contributed by atoms with Gasteiger partial charge in [-0.3, -0.25) is 4.68 Å². The molecule has 0 saturated carbocycles. The standard InChI is InChI=1S/C18H26N6O/c1-14(17-19-13-20-23(17)2)21-18(25)22-16(12-24-10-6-7-11-24)15-8-4-3-5-9-15/h3-5,8-9,13-14,16H,6-7,10-12H2,1-2H3,(H2,21,22,25). The van der Waals surface area contributed by atoms with Crippen LogP contribution < -0.4 is 10.6 Å². The zero-order valence-corrected chi connectivity index (χ0v) is 14.9. The molecule has 1 aliphatic heterocycles. The van der Waals surface area contributed by atoms with Crippen LogP contribution in [0.3, 0.4) is 0 Å². The SMILES string of the molecule is CC(NC(=O)NC(CN1CCCC1)c1ccccc1)c1ncnn1C. The fraction of sp³-hybridized carbons (Fsp3) is 0.500. The number of aromatic nitrogens is 3. The first kappa shape index (κ1) is 17.4. The van der Waals surface area contributed by atoms with Crippen molar-refractivity contribution in [2.24, 2.45) is 7.05 Å². The number of carbonyl (C=O) groups is 1. The van der Waals surface area contributed by atoms with E-state index in [1.165, 1.54) is 19.2 Å². The molecule has 2 atom stereocenters. The van der Waals surface area contributed by atoms with Crippen molar-refractivity contribution in [3.8, 4) is 0 Å². The molecule has 2 aromatic rings. The van der Waals surface area contributed by atoms with Gasteiger partial charge in [-0.05, 0) is 38.4 Å². The monoisotopic (exact) mass is 342 g/mol. The molecule has 1 aromatic heterocycles. The summed E-state index contributed by atoms with van der Waals surface area (Å²) in [7, 11) is 1.82. The van der Waals surface area contributed by atoms with E-state index < -0.39 is 0 Å². The Morgan fingerprint density at radius 3 is 2.56 bits per heavy atom. The molecule has 2 heterocycles. The summed E-state index contributed by atoms with van der Waals surface area (Å²) in [5.41, 5.74) is 1.12. The van der Waals surface area contributed by atoms with E-state index in [-0.39, 0.29) is 18.1 Å². The van der Waals surface area contributed by atoms with Crippen molar-refractivity contribution in [3.63, 3.8) is 0 Å².